The standard InChI is InChI=1S/C19H22N2O2/c1-23-18(15-8-4-2-5-9-15)19(22)20-16-12-13-21(14-16)17-10-6-3-7-11-17/h2-11,16,18H,12-14H2,1H3,(H,20,22)/t16-,18+/m1/s1. The molecule has 1 saturated heterocycles. The van der Waals surface area contributed by atoms with Crippen molar-refractivity contribution in [1.29, 1.82) is 0 Å². The van der Waals surface area contributed by atoms with E-state index in [1.165, 1.54) is 5.69 Å². The largest absolute Gasteiger partial charge is 0.369 e. The monoisotopic (exact) mass is 310 g/mol. The van der Waals surface area contributed by atoms with Gasteiger partial charge >= 0.3 is 0 Å². The molecule has 3 rings (SSSR count). The van der Waals surface area contributed by atoms with Gasteiger partial charge in [-0.25, -0.2) is 0 Å². The van der Waals surface area contributed by atoms with Crippen molar-refractivity contribution < 1.29 is 9.53 Å². The Kier molecular flexibility index (Phi) is 4.93. The van der Waals surface area contributed by atoms with Crippen LogP contribution in [0, 0.1) is 0 Å². The van der Waals surface area contributed by atoms with Gasteiger partial charge in [0.15, 0.2) is 6.10 Å². The fourth-order valence-electron chi connectivity index (χ4n) is 3.05. The maximum Gasteiger partial charge on any atom is 0.254 e. The smallest absolute Gasteiger partial charge is 0.254 e. The van der Waals surface area contributed by atoms with E-state index in [1.807, 2.05) is 48.5 Å². The maximum atomic E-state index is 12.5. The highest BCUT2D eigenvalue weighted by molar-refractivity contribution is 5.82. The number of hydrogen-bond donors (Lipinski definition) is 1. The van der Waals surface area contributed by atoms with Crippen LogP contribution in [-0.2, 0) is 9.53 Å². The van der Waals surface area contributed by atoms with Crippen LogP contribution in [0.5, 0.6) is 0 Å². The molecular formula is C19H22N2O2. The van der Waals surface area contributed by atoms with Gasteiger partial charge in [-0.2, -0.15) is 0 Å². The minimum atomic E-state index is -0.554. The maximum absolute atomic E-state index is 12.5. The lowest BCUT2D eigenvalue weighted by atomic mass is 10.1. The van der Waals surface area contributed by atoms with Crippen LogP contribution in [0.15, 0.2) is 60.7 Å². The normalized spacial score (nSPS) is 18.7. The third kappa shape index (κ3) is 3.71. The van der Waals surface area contributed by atoms with E-state index in [-0.39, 0.29) is 11.9 Å². The zero-order valence-corrected chi connectivity index (χ0v) is 13.3. The quantitative estimate of drug-likeness (QED) is 0.923. The van der Waals surface area contributed by atoms with E-state index in [1.54, 1.807) is 7.11 Å². The Morgan fingerprint density at radius 2 is 1.78 bits per heavy atom. The molecule has 1 heterocycles. The predicted octanol–water partition coefficient (Wildman–Crippen LogP) is 2.77. The van der Waals surface area contributed by atoms with E-state index in [9.17, 15) is 4.79 Å². The third-order valence-corrected chi connectivity index (χ3v) is 4.23. The van der Waals surface area contributed by atoms with E-state index in [4.69, 9.17) is 4.74 Å². The lowest BCUT2D eigenvalue weighted by Crippen LogP contribution is -2.40. The molecule has 1 aliphatic rings. The van der Waals surface area contributed by atoms with Crippen molar-refractivity contribution in [3.05, 3.63) is 66.2 Å². The van der Waals surface area contributed by atoms with Crippen LogP contribution in [0.25, 0.3) is 0 Å². The number of hydrogen-bond acceptors (Lipinski definition) is 3. The van der Waals surface area contributed by atoms with Gasteiger partial charge in [-0.15, -0.1) is 0 Å². The van der Waals surface area contributed by atoms with E-state index < -0.39 is 6.10 Å². The van der Waals surface area contributed by atoms with Gasteiger partial charge in [0.1, 0.15) is 0 Å². The molecule has 0 bridgehead atoms. The van der Waals surface area contributed by atoms with Crippen LogP contribution in [0.4, 0.5) is 5.69 Å². The minimum Gasteiger partial charge on any atom is -0.369 e. The Labute approximate surface area is 137 Å². The summed E-state index contributed by atoms with van der Waals surface area (Å²) >= 11 is 0. The van der Waals surface area contributed by atoms with Crippen LogP contribution in [0.2, 0.25) is 0 Å². The van der Waals surface area contributed by atoms with Crippen molar-refractivity contribution in [3.8, 4) is 0 Å². The van der Waals surface area contributed by atoms with Crippen molar-refractivity contribution in [3.63, 3.8) is 0 Å². The first-order valence-electron chi connectivity index (χ1n) is 7.96. The first kappa shape index (κ1) is 15.6. The Hall–Kier alpha value is -2.33. The molecule has 0 saturated carbocycles. The number of benzene rings is 2. The summed E-state index contributed by atoms with van der Waals surface area (Å²) in [5.74, 6) is -0.0707. The number of para-hydroxylation sites is 1. The lowest BCUT2D eigenvalue weighted by Gasteiger charge is -2.21. The highest BCUT2D eigenvalue weighted by Crippen LogP contribution is 2.21. The zero-order chi connectivity index (χ0) is 16.1. The van der Waals surface area contributed by atoms with Crippen molar-refractivity contribution in [1.82, 2.24) is 5.32 Å². The molecule has 1 N–H and O–H groups in total. The number of nitrogens with zero attached hydrogens (tertiary/aromatic N) is 1. The average Bonchev–Trinajstić information content (AvgIpc) is 3.06. The molecule has 1 aliphatic heterocycles. The third-order valence-electron chi connectivity index (χ3n) is 4.23. The van der Waals surface area contributed by atoms with Gasteiger partial charge in [-0.3, -0.25) is 4.79 Å². The van der Waals surface area contributed by atoms with Gasteiger partial charge in [0.05, 0.1) is 0 Å². The molecule has 2 aromatic carbocycles. The van der Waals surface area contributed by atoms with E-state index in [0.717, 1.165) is 25.1 Å². The SMILES string of the molecule is CO[C@H](C(=O)N[C@@H]1CCN(c2ccccc2)C1)c1ccccc1. The van der Waals surface area contributed by atoms with Crippen LogP contribution in [-0.4, -0.2) is 32.1 Å². The van der Waals surface area contributed by atoms with Crippen molar-refractivity contribution in [2.45, 2.75) is 18.6 Å². The molecule has 0 spiro atoms. The first-order valence-corrected chi connectivity index (χ1v) is 7.96. The Bertz CT molecular complexity index is 630. The molecule has 1 fully saturated rings. The van der Waals surface area contributed by atoms with Gasteiger partial charge < -0.3 is 15.0 Å². The summed E-state index contributed by atoms with van der Waals surface area (Å²) in [5.41, 5.74) is 2.08. The van der Waals surface area contributed by atoms with Crippen LogP contribution < -0.4 is 10.2 Å². The second kappa shape index (κ2) is 7.29. The zero-order valence-electron chi connectivity index (χ0n) is 13.3. The van der Waals surface area contributed by atoms with Gasteiger partial charge in [0, 0.05) is 31.9 Å². The van der Waals surface area contributed by atoms with Gasteiger partial charge in [-0.1, -0.05) is 48.5 Å². The Morgan fingerprint density at radius 3 is 2.43 bits per heavy atom. The number of carbonyl (C=O) groups excluding carboxylic acids is 1. The number of carbonyl (C=O) groups is 1. The molecule has 2 aromatic rings. The minimum absolute atomic E-state index is 0.0707. The molecule has 4 nitrogen and oxygen atoms in total. The molecular weight excluding hydrogens is 288 g/mol. The Morgan fingerprint density at radius 1 is 1.13 bits per heavy atom. The number of ether oxygens (including phenoxy) is 1. The summed E-state index contributed by atoms with van der Waals surface area (Å²) in [6.07, 6.45) is 0.397. The lowest BCUT2D eigenvalue weighted by molar-refractivity contribution is -0.132. The molecule has 120 valence electrons. The summed E-state index contributed by atoms with van der Waals surface area (Å²) < 4.78 is 5.39. The fourth-order valence-corrected chi connectivity index (χ4v) is 3.05. The molecule has 23 heavy (non-hydrogen) atoms. The first-order chi connectivity index (χ1) is 11.3. The number of rotatable bonds is 5. The summed E-state index contributed by atoms with van der Waals surface area (Å²) in [5, 5.41) is 3.12. The number of nitrogens with one attached hydrogen (secondary N) is 1. The van der Waals surface area contributed by atoms with E-state index in [0.29, 0.717) is 0 Å². The summed E-state index contributed by atoms with van der Waals surface area (Å²) in [4.78, 5) is 14.8. The Balaban J connectivity index is 1.60. The summed E-state index contributed by atoms with van der Waals surface area (Å²) in [7, 11) is 1.57. The predicted molar refractivity (Wildman–Crippen MR) is 91.4 cm³/mol. The molecule has 0 unspecified atom stereocenters. The second-order valence-corrected chi connectivity index (χ2v) is 5.80. The van der Waals surface area contributed by atoms with E-state index >= 15 is 0 Å². The van der Waals surface area contributed by atoms with Crippen LogP contribution >= 0.6 is 0 Å². The van der Waals surface area contributed by atoms with Gasteiger partial charge in [-0.05, 0) is 24.1 Å². The van der Waals surface area contributed by atoms with Crippen LogP contribution in [0.3, 0.4) is 0 Å². The number of anilines is 1. The second-order valence-electron chi connectivity index (χ2n) is 5.80. The van der Waals surface area contributed by atoms with Crippen molar-refractivity contribution in [2.24, 2.45) is 0 Å². The molecule has 0 aliphatic carbocycles. The summed E-state index contributed by atoms with van der Waals surface area (Å²) in [6.45, 7) is 1.79. The molecule has 2 atom stereocenters. The van der Waals surface area contributed by atoms with Crippen molar-refractivity contribution in [2.75, 3.05) is 25.1 Å². The number of amides is 1. The van der Waals surface area contributed by atoms with E-state index in [2.05, 4.69) is 22.3 Å². The summed E-state index contributed by atoms with van der Waals surface area (Å²) in [6, 6.07) is 20.1. The van der Waals surface area contributed by atoms with Gasteiger partial charge in [0.25, 0.3) is 5.91 Å². The number of methoxy groups -OCH3 is 1. The molecule has 0 radical (unpaired) electrons. The molecule has 0 aromatic heterocycles. The molecule has 1 amide bonds. The highest BCUT2D eigenvalue weighted by atomic mass is 16.5. The van der Waals surface area contributed by atoms with Crippen molar-refractivity contribution >= 4 is 11.6 Å². The van der Waals surface area contributed by atoms with Gasteiger partial charge in [0.2, 0.25) is 0 Å². The highest BCUT2D eigenvalue weighted by Gasteiger charge is 2.27. The fraction of sp³-hybridized carbons (Fsp3) is 0.316. The topological polar surface area (TPSA) is 41.6 Å². The molecule has 4 heteroatoms. The average molecular weight is 310 g/mol. The van der Waals surface area contributed by atoms with Crippen LogP contribution in [0.1, 0.15) is 18.1 Å².